The monoisotopic (exact) mass is 234 g/mol. The van der Waals surface area contributed by atoms with E-state index in [2.05, 4.69) is 41.6 Å². The molecule has 1 fully saturated rings. The highest BCUT2D eigenvalue weighted by atomic mass is 16.7. The summed E-state index contributed by atoms with van der Waals surface area (Å²) in [4.78, 5) is 6.12. The summed E-state index contributed by atoms with van der Waals surface area (Å²) in [5, 5.41) is 5.39. The van der Waals surface area contributed by atoms with Gasteiger partial charge in [0.05, 0.1) is 0 Å². The van der Waals surface area contributed by atoms with Crippen LogP contribution in [-0.4, -0.2) is 31.2 Å². The lowest BCUT2D eigenvalue weighted by atomic mass is 10.0. The molecule has 1 aromatic rings. The summed E-state index contributed by atoms with van der Waals surface area (Å²) in [7, 11) is 1.98. The molecule has 1 saturated heterocycles. The molecule has 0 radical (unpaired) electrons. The molecule has 1 aromatic carbocycles. The molecule has 1 heterocycles. The summed E-state index contributed by atoms with van der Waals surface area (Å²) in [6.07, 6.45) is 2.59. The Morgan fingerprint density at radius 3 is 2.41 bits per heavy atom. The van der Waals surface area contributed by atoms with Gasteiger partial charge in [0.15, 0.2) is 0 Å². The summed E-state index contributed by atoms with van der Waals surface area (Å²) < 4.78 is 0. The molecule has 3 heteroatoms. The van der Waals surface area contributed by atoms with Gasteiger partial charge >= 0.3 is 0 Å². The molecule has 0 bridgehead atoms. The molecule has 3 nitrogen and oxygen atoms in total. The van der Waals surface area contributed by atoms with Gasteiger partial charge in [0.25, 0.3) is 0 Å². The van der Waals surface area contributed by atoms with Gasteiger partial charge in [-0.2, -0.15) is 5.06 Å². The van der Waals surface area contributed by atoms with Crippen LogP contribution in [0.5, 0.6) is 0 Å². The lowest BCUT2D eigenvalue weighted by Gasteiger charge is -2.28. The number of benzene rings is 1. The zero-order valence-electron chi connectivity index (χ0n) is 10.7. The predicted octanol–water partition coefficient (Wildman–Crippen LogP) is 2.36. The minimum atomic E-state index is 0.0966. The van der Waals surface area contributed by atoms with Crippen molar-refractivity contribution in [2.75, 3.05) is 20.1 Å². The fraction of sp³-hybridized carbons (Fsp3) is 0.571. The predicted molar refractivity (Wildman–Crippen MR) is 69.6 cm³/mol. The van der Waals surface area contributed by atoms with Crippen molar-refractivity contribution in [2.45, 2.75) is 31.9 Å². The van der Waals surface area contributed by atoms with Crippen LogP contribution in [0.25, 0.3) is 0 Å². The van der Waals surface area contributed by atoms with Crippen molar-refractivity contribution < 1.29 is 4.84 Å². The largest absolute Gasteiger partial charge is 0.314 e. The van der Waals surface area contributed by atoms with Crippen molar-refractivity contribution in [1.29, 1.82) is 0 Å². The lowest BCUT2D eigenvalue weighted by molar-refractivity contribution is -0.194. The maximum absolute atomic E-state index is 6.12. The molecule has 2 rings (SSSR count). The maximum atomic E-state index is 6.12. The summed E-state index contributed by atoms with van der Waals surface area (Å²) in [5.41, 5.74) is 1.24. The van der Waals surface area contributed by atoms with Crippen molar-refractivity contribution in [3.8, 4) is 0 Å². The topological polar surface area (TPSA) is 24.5 Å². The zero-order valence-corrected chi connectivity index (χ0v) is 10.7. The Hall–Kier alpha value is -0.900. The molecule has 0 spiro atoms. The molecule has 1 N–H and O–H groups in total. The van der Waals surface area contributed by atoms with Crippen molar-refractivity contribution >= 4 is 0 Å². The fourth-order valence-electron chi connectivity index (χ4n) is 2.19. The number of hydrogen-bond acceptors (Lipinski definition) is 3. The van der Waals surface area contributed by atoms with Crippen LogP contribution in [0.3, 0.4) is 0 Å². The first-order valence-corrected chi connectivity index (χ1v) is 6.45. The van der Waals surface area contributed by atoms with Gasteiger partial charge < -0.3 is 5.32 Å². The van der Waals surface area contributed by atoms with E-state index >= 15 is 0 Å². The van der Waals surface area contributed by atoms with Gasteiger partial charge in [0.2, 0.25) is 0 Å². The standard InChI is InChI=1S/C14H22N2O/c1-12(15-2)14(13-8-4-3-5-9-13)17-16-10-6-7-11-16/h3-5,8-9,12,14-15H,6-7,10-11H2,1-2H3. The highest BCUT2D eigenvalue weighted by molar-refractivity contribution is 5.18. The van der Waals surface area contributed by atoms with Crippen LogP contribution < -0.4 is 5.32 Å². The van der Waals surface area contributed by atoms with E-state index in [9.17, 15) is 0 Å². The van der Waals surface area contributed by atoms with Gasteiger partial charge in [-0.25, -0.2) is 0 Å². The number of hydrogen-bond donors (Lipinski definition) is 1. The van der Waals surface area contributed by atoms with Crippen molar-refractivity contribution in [1.82, 2.24) is 10.4 Å². The Labute approximate surface area is 104 Å². The van der Waals surface area contributed by atoms with Gasteiger partial charge in [0, 0.05) is 19.1 Å². The highest BCUT2D eigenvalue weighted by Crippen LogP contribution is 2.24. The summed E-state index contributed by atoms with van der Waals surface area (Å²) >= 11 is 0. The van der Waals surface area contributed by atoms with Crippen LogP contribution in [-0.2, 0) is 4.84 Å². The summed E-state index contributed by atoms with van der Waals surface area (Å²) in [5.74, 6) is 0. The lowest BCUT2D eigenvalue weighted by Crippen LogP contribution is -2.35. The molecule has 2 unspecified atom stereocenters. The van der Waals surface area contributed by atoms with Crippen LogP contribution in [0.4, 0.5) is 0 Å². The Morgan fingerprint density at radius 1 is 1.18 bits per heavy atom. The number of nitrogens with one attached hydrogen (secondary N) is 1. The molecule has 1 aliphatic rings. The minimum absolute atomic E-state index is 0.0966. The van der Waals surface area contributed by atoms with Crippen molar-refractivity contribution in [3.63, 3.8) is 0 Å². The normalized spacial score (nSPS) is 20.4. The van der Waals surface area contributed by atoms with Gasteiger partial charge in [0.1, 0.15) is 6.10 Å². The first-order chi connectivity index (χ1) is 8.31. The van der Waals surface area contributed by atoms with Crippen LogP contribution in [0.1, 0.15) is 31.4 Å². The highest BCUT2D eigenvalue weighted by Gasteiger charge is 2.23. The Bertz CT molecular complexity index is 322. The zero-order chi connectivity index (χ0) is 12.1. The van der Waals surface area contributed by atoms with Crippen molar-refractivity contribution in [2.24, 2.45) is 0 Å². The molecule has 0 aliphatic carbocycles. The van der Waals surface area contributed by atoms with Gasteiger partial charge in [-0.3, -0.25) is 4.84 Å². The number of likely N-dealkylation sites (N-methyl/N-ethyl adjacent to an activating group) is 1. The van der Waals surface area contributed by atoms with Crippen LogP contribution in [0.2, 0.25) is 0 Å². The molecule has 2 atom stereocenters. The molecular weight excluding hydrogens is 212 g/mol. The average Bonchev–Trinajstić information content (AvgIpc) is 2.89. The molecule has 0 amide bonds. The number of rotatable bonds is 5. The van der Waals surface area contributed by atoms with E-state index in [0.29, 0.717) is 6.04 Å². The Balaban J connectivity index is 2.07. The third-order valence-corrected chi connectivity index (χ3v) is 3.37. The SMILES string of the molecule is CNC(C)C(ON1CCCC1)c1ccccc1. The minimum Gasteiger partial charge on any atom is -0.314 e. The van der Waals surface area contributed by atoms with Crippen LogP contribution in [0.15, 0.2) is 30.3 Å². The van der Waals surface area contributed by atoms with Gasteiger partial charge in [-0.15, -0.1) is 0 Å². The van der Waals surface area contributed by atoms with E-state index in [1.807, 2.05) is 13.1 Å². The first-order valence-electron chi connectivity index (χ1n) is 6.45. The van der Waals surface area contributed by atoms with E-state index < -0.39 is 0 Å². The van der Waals surface area contributed by atoms with E-state index in [-0.39, 0.29) is 6.10 Å². The second kappa shape index (κ2) is 6.15. The summed E-state index contributed by atoms with van der Waals surface area (Å²) in [6.45, 7) is 4.27. The Morgan fingerprint density at radius 2 is 1.82 bits per heavy atom. The molecule has 0 aromatic heterocycles. The van der Waals surface area contributed by atoms with E-state index in [4.69, 9.17) is 4.84 Å². The van der Waals surface area contributed by atoms with E-state index in [1.54, 1.807) is 0 Å². The number of nitrogens with zero attached hydrogens (tertiary/aromatic N) is 1. The third-order valence-electron chi connectivity index (χ3n) is 3.37. The second-order valence-corrected chi connectivity index (χ2v) is 4.65. The maximum Gasteiger partial charge on any atom is 0.119 e. The van der Waals surface area contributed by atoms with E-state index in [1.165, 1.54) is 18.4 Å². The summed E-state index contributed by atoms with van der Waals surface area (Å²) in [6, 6.07) is 10.7. The Kier molecular flexibility index (Phi) is 4.54. The van der Waals surface area contributed by atoms with Crippen LogP contribution in [0, 0.1) is 0 Å². The van der Waals surface area contributed by atoms with Gasteiger partial charge in [-0.05, 0) is 32.4 Å². The smallest absolute Gasteiger partial charge is 0.119 e. The quantitative estimate of drug-likeness (QED) is 0.846. The first kappa shape index (κ1) is 12.6. The molecular formula is C14H22N2O. The molecule has 0 saturated carbocycles. The average molecular weight is 234 g/mol. The third kappa shape index (κ3) is 3.28. The fourth-order valence-corrected chi connectivity index (χ4v) is 2.19. The van der Waals surface area contributed by atoms with E-state index in [0.717, 1.165) is 13.1 Å². The van der Waals surface area contributed by atoms with Crippen LogP contribution >= 0.6 is 0 Å². The molecule has 17 heavy (non-hydrogen) atoms. The number of hydroxylamine groups is 2. The van der Waals surface area contributed by atoms with Crippen molar-refractivity contribution in [3.05, 3.63) is 35.9 Å². The van der Waals surface area contributed by atoms with Gasteiger partial charge in [-0.1, -0.05) is 30.3 Å². The second-order valence-electron chi connectivity index (χ2n) is 4.65. The molecule has 94 valence electrons. The molecule has 1 aliphatic heterocycles.